The number of nitrogens with two attached hydrogens (primary N) is 1. The van der Waals surface area contributed by atoms with Gasteiger partial charge in [0.2, 0.25) is 0 Å². The van der Waals surface area contributed by atoms with E-state index in [0.717, 1.165) is 34.0 Å². The minimum absolute atomic E-state index is 0.654. The van der Waals surface area contributed by atoms with Crippen LogP contribution in [0.5, 0.6) is 5.75 Å². The molecule has 1 aromatic carbocycles. The first-order valence-corrected chi connectivity index (χ1v) is 7.58. The van der Waals surface area contributed by atoms with Gasteiger partial charge in [-0.3, -0.25) is 0 Å². The molecule has 0 aliphatic rings. The molecular weight excluding hydrogens is 302 g/mol. The fourth-order valence-corrected chi connectivity index (χ4v) is 2.78. The summed E-state index contributed by atoms with van der Waals surface area (Å²) in [7, 11) is 1.66. The molecule has 0 fully saturated rings. The summed E-state index contributed by atoms with van der Waals surface area (Å²) >= 11 is 0. The van der Waals surface area contributed by atoms with Crippen molar-refractivity contribution in [3.8, 4) is 22.7 Å². The lowest BCUT2D eigenvalue weighted by Crippen LogP contribution is -1.96. The zero-order valence-corrected chi connectivity index (χ0v) is 13.5. The lowest BCUT2D eigenvalue weighted by Gasteiger charge is -2.10. The molecule has 2 N–H and O–H groups in total. The van der Waals surface area contributed by atoms with Crippen molar-refractivity contribution in [3.05, 3.63) is 60.9 Å². The van der Waals surface area contributed by atoms with Gasteiger partial charge in [0.15, 0.2) is 5.65 Å². The van der Waals surface area contributed by atoms with Crippen LogP contribution in [-0.2, 0) is 0 Å². The Kier molecular flexibility index (Phi) is 3.23. The largest absolute Gasteiger partial charge is 0.495 e. The number of benzene rings is 1. The maximum atomic E-state index is 5.99. The molecule has 4 aromatic rings. The lowest BCUT2D eigenvalue weighted by molar-refractivity contribution is 0.413. The Hall–Kier alpha value is -3.28. The van der Waals surface area contributed by atoms with E-state index in [0.29, 0.717) is 5.69 Å². The van der Waals surface area contributed by atoms with Crippen molar-refractivity contribution in [1.82, 2.24) is 18.9 Å². The van der Waals surface area contributed by atoms with E-state index in [1.54, 1.807) is 13.4 Å². The number of aryl methyl sites for hydroxylation is 1. The van der Waals surface area contributed by atoms with Crippen LogP contribution in [0.4, 0.5) is 5.69 Å². The number of aromatic nitrogens is 4. The van der Waals surface area contributed by atoms with Gasteiger partial charge in [-0.2, -0.15) is 0 Å². The highest BCUT2D eigenvalue weighted by Crippen LogP contribution is 2.30. The first-order chi connectivity index (χ1) is 11.7. The van der Waals surface area contributed by atoms with Gasteiger partial charge in [-0.25, -0.2) is 9.97 Å². The minimum atomic E-state index is 0.654. The Morgan fingerprint density at radius 3 is 2.75 bits per heavy atom. The molecule has 3 heterocycles. The first-order valence-electron chi connectivity index (χ1n) is 7.58. The van der Waals surface area contributed by atoms with Gasteiger partial charge >= 0.3 is 0 Å². The van der Waals surface area contributed by atoms with Gasteiger partial charge < -0.3 is 19.4 Å². The highest BCUT2D eigenvalue weighted by molar-refractivity contribution is 5.72. The highest BCUT2D eigenvalue weighted by atomic mass is 16.5. The molecule has 0 bridgehead atoms. The molecule has 0 amide bonds. The van der Waals surface area contributed by atoms with Gasteiger partial charge in [0.1, 0.15) is 5.75 Å². The number of anilines is 1. The topological polar surface area (TPSA) is 70.4 Å². The SMILES string of the molecule is COc1cc(-c2cn3cccc(N)c3n2)ccc1-n1cnc(C)c1. The molecule has 4 rings (SSSR count). The van der Waals surface area contributed by atoms with Crippen molar-refractivity contribution in [2.45, 2.75) is 6.92 Å². The number of hydrogen-bond acceptors (Lipinski definition) is 4. The third-order valence-electron chi connectivity index (χ3n) is 3.98. The van der Waals surface area contributed by atoms with Crippen molar-refractivity contribution < 1.29 is 4.74 Å². The lowest BCUT2D eigenvalue weighted by atomic mass is 10.1. The predicted molar refractivity (Wildman–Crippen MR) is 93.5 cm³/mol. The molecular formula is C18H17N5O. The molecule has 3 aromatic heterocycles. The molecule has 0 atom stereocenters. The van der Waals surface area contributed by atoms with E-state index in [2.05, 4.69) is 9.97 Å². The predicted octanol–water partition coefficient (Wildman–Crippen LogP) is 3.09. The van der Waals surface area contributed by atoms with Gasteiger partial charge in [-0.15, -0.1) is 0 Å². The molecule has 0 radical (unpaired) electrons. The number of pyridine rings is 1. The van der Waals surface area contributed by atoms with Crippen molar-refractivity contribution >= 4 is 11.3 Å². The number of rotatable bonds is 3. The molecule has 6 heteroatoms. The smallest absolute Gasteiger partial charge is 0.160 e. The maximum absolute atomic E-state index is 5.99. The Bertz CT molecular complexity index is 1030. The van der Waals surface area contributed by atoms with E-state index in [1.807, 2.05) is 64.8 Å². The fourth-order valence-electron chi connectivity index (χ4n) is 2.78. The van der Waals surface area contributed by atoms with E-state index in [4.69, 9.17) is 10.5 Å². The molecule has 0 aliphatic heterocycles. The summed E-state index contributed by atoms with van der Waals surface area (Å²) in [6, 6.07) is 9.74. The number of ether oxygens (including phenoxy) is 1. The second-order valence-corrected chi connectivity index (χ2v) is 5.63. The van der Waals surface area contributed by atoms with Gasteiger partial charge in [0.05, 0.1) is 36.2 Å². The molecule has 6 nitrogen and oxygen atoms in total. The normalized spacial score (nSPS) is 11.1. The maximum Gasteiger partial charge on any atom is 0.160 e. The molecule has 0 aliphatic carbocycles. The van der Waals surface area contributed by atoms with Gasteiger partial charge in [0.25, 0.3) is 0 Å². The van der Waals surface area contributed by atoms with E-state index in [1.165, 1.54) is 0 Å². The molecule has 0 saturated carbocycles. The van der Waals surface area contributed by atoms with Crippen LogP contribution >= 0.6 is 0 Å². The zero-order chi connectivity index (χ0) is 16.7. The van der Waals surface area contributed by atoms with Crippen LogP contribution in [0.3, 0.4) is 0 Å². The second-order valence-electron chi connectivity index (χ2n) is 5.63. The minimum Gasteiger partial charge on any atom is -0.495 e. The van der Waals surface area contributed by atoms with Crippen LogP contribution in [0.25, 0.3) is 22.6 Å². The third kappa shape index (κ3) is 2.28. The van der Waals surface area contributed by atoms with Gasteiger partial charge in [0, 0.05) is 24.2 Å². The summed E-state index contributed by atoms with van der Waals surface area (Å²) in [5.74, 6) is 0.759. The van der Waals surface area contributed by atoms with E-state index in [9.17, 15) is 0 Å². The summed E-state index contributed by atoms with van der Waals surface area (Å²) in [6.45, 7) is 1.96. The summed E-state index contributed by atoms with van der Waals surface area (Å²) in [4.78, 5) is 8.89. The average Bonchev–Trinajstić information content (AvgIpc) is 3.21. The van der Waals surface area contributed by atoms with E-state index in [-0.39, 0.29) is 0 Å². The number of nitrogens with zero attached hydrogens (tertiary/aromatic N) is 4. The van der Waals surface area contributed by atoms with Crippen LogP contribution < -0.4 is 10.5 Å². The molecule has 120 valence electrons. The van der Waals surface area contributed by atoms with Crippen LogP contribution in [0.15, 0.2) is 55.2 Å². The number of nitrogen functional groups attached to an aromatic ring is 1. The van der Waals surface area contributed by atoms with Crippen molar-refractivity contribution in [3.63, 3.8) is 0 Å². The monoisotopic (exact) mass is 319 g/mol. The summed E-state index contributed by atoms with van der Waals surface area (Å²) in [5.41, 5.74) is 11.1. The standard InChI is InChI=1S/C18H17N5O/c1-12-9-23(11-20-12)16-6-5-13(8-17(16)24-2)15-10-22-7-3-4-14(19)18(22)21-15/h3-11H,19H2,1-2H3. The van der Waals surface area contributed by atoms with Crippen molar-refractivity contribution in [1.29, 1.82) is 0 Å². The number of imidazole rings is 2. The fraction of sp³-hybridized carbons (Fsp3) is 0.111. The Morgan fingerprint density at radius 1 is 1.17 bits per heavy atom. The Labute approximate surface area is 139 Å². The van der Waals surface area contributed by atoms with Crippen molar-refractivity contribution in [2.24, 2.45) is 0 Å². The van der Waals surface area contributed by atoms with Crippen LogP contribution in [0.2, 0.25) is 0 Å². The third-order valence-corrected chi connectivity index (χ3v) is 3.98. The van der Waals surface area contributed by atoms with Crippen LogP contribution in [0, 0.1) is 6.92 Å². The Balaban J connectivity index is 1.82. The number of hydrogen-bond donors (Lipinski definition) is 1. The van der Waals surface area contributed by atoms with Crippen LogP contribution in [-0.4, -0.2) is 26.0 Å². The first kappa shape index (κ1) is 14.3. The average molecular weight is 319 g/mol. The summed E-state index contributed by atoms with van der Waals surface area (Å²) in [5, 5.41) is 0. The molecule has 0 spiro atoms. The van der Waals surface area contributed by atoms with Gasteiger partial charge in [-0.05, 0) is 31.2 Å². The molecule has 0 unspecified atom stereocenters. The second kappa shape index (κ2) is 5.42. The quantitative estimate of drug-likeness (QED) is 0.630. The highest BCUT2D eigenvalue weighted by Gasteiger charge is 2.11. The van der Waals surface area contributed by atoms with Crippen molar-refractivity contribution in [2.75, 3.05) is 12.8 Å². The number of methoxy groups -OCH3 is 1. The van der Waals surface area contributed by atoms with Crippen LogP contribution in [0.1, 0.15) is 5.69 Å². The molecule has 24 heavy (non-hydrogen) atoms. The number of fused-ring (bicyclic) bond motifs is 1. The summed E-state index contributed by atoms with van der Waals surface area (Å²) < 4.78 is 9.43. The van der Waals surface area contributed by atoms with E-state index >= 15 is 0 Å². The van der Waals surface area contributed by atoms with Gasteiger partial charge in [-0.1, -0.05) is 6.07 Å². The molecule has 0 saturated heterocycles. The Morgan fingerprint density at radius 2 is 2.04 bits per heavy atom. The van der Waals surface area contributed by atoms with E-state index < -0.39 is 0 Å². The zero-order valence-electron chi connectivity index (χ0n) is 13.5. The summed E-state index contributed by atoms with van der Waals surface area (Å²) in [6.07, 6.45) is 7.63.